The highest BCUT2D eigenvalue weighted by atomic mass is 79.9. The molecule has 0 saturated carbocycles. The highest BCUT2D eigenvalue weighted by Crippen LogP contribution is 2.30. The van der Waals surface area contributed by atoms with Gasteiger partial charge in [-0.3, -0.25) is 4.39 Å². The summed E-state index contributed by atoms with van der Waals surface area (Å²) >= 11 is 9.10. The summed E-state index contributed by atoms with van der Waals surface area (Å²) in [5, 5.41) is 0.592. The average Bonchev–Trinajstić information content (AvgIpc) is 2.08. The van der Waals surface area contributed by atoms with Gasteiger partial charge in [0.05, 0.1) is 11.7 Å². The molecule has 0 amide bonds. The lowest BCUT2D eigenvalue weighted by Crippen LogP contribution is -1.96. The molecule has 0 aliphatic heterocycles. The van der Waals surface area contributed by atoms with Gasteiger partial charge in [0.1, 0.15) is 0 Å². The van der Waals surface area contributed by atoms with E-state index in [-0.39, 0.29) is 5.92 Å². The van der Waals surface area contributed by atoms with E-state index in [4.69, 9.17) is 11.6 Å². The molecular formula is C9H8BrClF. The Morgan fingerprint density at radius 2 is 2.25 bits per heavy atom. The van der Waals surface area contributed by atoms with Gasteiger partial charge in [0, 0.05) is 10.4 Å². The first-order valence-electron chi connectivity index (χ1n) is 3.49. The van der Waals surface area contributed by atoms with Crippen molar-refractivity contribution < 1.29 is 4.39 Å². The summed E-state index contributed by atoms with van der Waals surface area (Å²) in [7, 11) is 0. The van der Waals surface area contributed by atoms with Gasteiger partial charge in [0.15, 0.2) is 0 Å². The third-order valence-corrected chi connectivity index (χ3v) is 3.04. The maximum Gasteiger partial charge on any atom is 0.0963 e. The van der Waals surface area contributed by atoms with Gasteiger partial charge in [-0.05, 0) is 34.5 Å². The second kappa shape index (κ2) is 4.24. The van der Waals surface area contributed by atoms with Crippen LogP contribution in [0.4, 0.5) is 4.39 Å². The van der Waals surface area contributed by atoms with Gasteiger partial charge < -0.3 is 0 Å². The summed E-state index contributed by atoms with van der Waals surface area (Å²) in [5.41, 5.74) is 0.810. The fourth-order valence-electron chi connectivity index (χ4n) is 0.919. The van der Waals surface area contributed by atoms with Gasteiger partial charge in [-0.1, -0.05) is 23.7 Å². The Hall–Kier alpha value is -0.0800. The van der Waals surface area contributed by atoms with Crippen LogP contribution in [0, 0.1) is 6.92 Å². The summed E-state index contributed by atoms with van der Waals surface area (Å²) in [6.45, 7) is 3.19. The molecule has 0 bridgehead atoms. The third-order valence-electron chi connectivity index (χ3n) is 1.61. The molecule has 0 fully saturated rings. The summed E-state index contributed by atoms with van der Waals surface area (Å²) < 4.78 is 13.0. The normalized spacial score (nSPS) is 13.0. The summed E-state index contributed by atoms with van der Waals surface area (Å²) in [5.74, 6) is -0.349. The summed E-state index contributed by atoms with van der Waals surface area (Å²) in [6.07, 6.45) is 0. The van der Waals surface area contributed by atoms with Crippen LogP contribution < -0.4 is 0 Å². The van der Waals surface area contributed by atoms with Gasteiger partial charge >= 0.3 is 0 Å². The van der Waals surface area contributed by atoms with Crippen LogP contribution in [0.3, 0.4) is 0 Å². The van der Waals surface area contributed by atoms with Crippen molar-refractivity contribution in [1.29, 1.82) is 0 Å². The van der Waals surface area contributed by atoms with Crippen LogP contribution in [-0.2, 0) is 0 Å². The molecule has 0 nitrogen and oxygen atoms in total. The molecule has 0 N–H and O–H groups in total. The Balaban J connectivity index is 3.07. The lowest BCUT2D eigenvalue weighted by Gasteiger charge is -2.09. The van der Waals surface area contributed by atoms with E-state index in [1.54, 1.807) is 12.1 Å². The maximum absolute atomic E-state index is 12.3. The minimum absolute atomic E-state index is 0.349. The second-order valence-electron chi connectivity index (χ2n) is 2.49. The van der Waals surface area contributed by atoms with Crippen LogP contribution in [0.25, 0.3) is 0 Å². The van der Waals surface area contributed by atoms with E-state index in [0.717, 1.165) is 10.0 Å². The Labute approximate surface area is 84.9 Å². The van der Waals surface area contributed by atoms with Crippen molar-refractivity contribution in [2.45, 2.75) is 5.92 Å². The van der Waals surface area contributed by atoms with Crippen LogP contribution in [-0.4, -0.2) is 6.67 Å². The quantitative estimate of drug-likeness (QED) is 0.744. The Morgan fingerprint density at radius 3 is 2.83 bits per heavy atom. The largest absolute Gasteiger partial charge is 0.250 e. The lowest BCUT2D eigenvalue weighted by atomic mass is 10.0. The summed E-state index contributed by atoms with van der Waals surface area (Å²) in [6, 6.07) is 5.35. The van der Waals surface area contributed by atoms with Crippen LogP contribution in [0.1, 0.15) is 11.5 Å². The molecule has 0 saturated heterocycles. The highest BCUT2D eigenvalue weighted by Gasteiger charge is 2.10. The monoisotopic (exact) mass is 249 g/mol. The smallest absolute Gasteiger partial charge is 0.0963 e. The number of rotatable bonds is 2. The first-order valence-corrected chi connectivity index (χ1v) is 4.67. The van der Waals surface area contributed by atoms with Crippen LogP contribution in [0.5, 0.6) is 0 Å². The molecule has 0 heterocycles. The van der Waals surface area contributed by atoms with Crippen molar-refractivity contribution in [2.75, 3.05) is 6.67 Å². The standard InChI is InChI=1S/C9H8BrClF/c1-6(5-12)7-3-2-4-8(11)9(7)10/h2-4,6H,1,5H2. The summed E-state index contributed by atoms with van der Waals surface area (Å²) in [4.78, 5) is 0. The van der Waals surface area contributed by atoms with Crippen molar-refractivity contribution >= 4 is 27.5 Å². The molecule has 0 aliphatic rings. The molecule has 1 rings (SSSR count). The van der Waals surface area contributed by atoms with Crippen molar-refractivity contribution in [3.8, 4) is 0 Å². The predicted molar refractivity (Wildman–Crippen MR) is 53.2 cm³/mol. The van der Waals surface area contributed by atoms with E-state index in [2.05, 4.69) is 22.9 Å². The van der Waals surface area contributed by atoms with Crippen molar-refractivity contribution in [3.05, 3.63) is 40.2 Å². The van der Waals surface area contributed by atoms with E-state index < -0.39 is 6.67 Å². The van der Waals surface area contributed by atoms with Crippen LogP contribution >= 0.6 is 27.5 Å². The van der Waals surface area contributed by atoms with Gasteiger partial charge in [0.25, 0.3) is 0 Å². The second-order valence-corrected chi connectivity index (χ2v) is 3.69. The van der Waals surface area contributed by atoms with Crippen molar-refractivity contribution in [1.82, 2.24) is 0 Å². The van der Waals surface area contributed by atoms with Gasteiger partial charge in [-0.15, -0.1) is 0 Å². The predicted octanol–water partition coefficient (Wildman–Crippen LogP) is 3.99. The van der Waals surface area contributed by atoms with Gasteiger partial charge in [-0.25, -0.2) is 0 Å². The fourth-order valence-corrected chi connectivity index (χ4v) is 1.69. The van der Waals surface area contributed by atoms with Crippen LogP contribution in [0.2, 0.25) is 5.02 Å². The molecule has 12 heavy (non-hydrogen) atoms. The Kier molecular flexibility index (Phi) is 3.53. The molecule has 1 aromatic rings. The SMILES string of the molecule is [CH2]C(CF)c1cccc(Cl)c1Br. The highest BCUT2D eigenvalue weighted by molar-refractivity contribution is 9.10. The molecule has 1 radical (unpaired) electrons. The number of halogens is 3. The maximum atomic E-state index is 12.3. The molecule has 3 heteroatoms. The van der Waals surface area contributed by atoms with E-state index in [1.807, 2.05) is 6.07 Å². The number of benzene rings is 1. The fraction of sp³-hybridized carbons (Fsp3) is 0.222. The number of hydrogen-bond acceptors (Lipinski definition) is 0. The molecular weight excluding hydrogens is 242 g/mol. The zero-order chi connectivity index (χ0) is 9.14. The molecule has 65 valence electrons. The van der Waals surface area contributed by atoms with Crippen molar-refractivity contribution in [2.24, 2.45) is 0 Å². The van der Waals surface area contributed by atoms with Crippen LogP contribution in [0.15, 0.2) is 22.7 Å². The first-order chi connectivity index (χ1) is 5.66. The number of alkyl halides is 1. The Bertz CT molecular complexity index is 275. The van der Waals surface area contributed by atoms with Gasteiger partial charge in [0.2, 0.25) is 0 Å². The molecule has 0 aliphatic carbocycles. The zero-order valence-electron chi connectivity index (χ0n) is 6.36. The van der Waals surface area contributed by atoms with E-state index in [9.17, 15) is 4.39 Å². The number of hydrogen-bond donors (Lipinski definition) is 0. The minimum atomic E-state index is -0.473. The van der Waals surface area contributed by atoms with Crippen molar-refractivity contribution in [3.63, 3.8) is 0 Å². The molecule has 1 aromatic carbocycles. The minimum Gasteiger partial charge on any atom is -0.250 e. The molecule has 0 aromatic heterocycles. The third kappa shape index (κ3) is 1.99. The topological polar surface area (TPSA) is 0 Å². The van der Waals surface area contributed by atoms with E-state index in [1.165, 1.54) is 0 Å². The molecule has 1 atom stereocenters. The molecule has 0 spiro atoms. The zero-order valence-corrected chi connectivity index (χ0v) is 8.70. The van der Waals surface area contributed by atoms with Gasteiger partial charge in [-0.2, -0.15) is 0 Å². The molecule has 1 unspecified atom stereocenters. The first kappa shape index (κ1) is 10.0. The lowest BCUT2D eigenvalue weighted by molar-refractivity contribution is 0.465. The van der Waals surface area contributed by atoms with E-state index >= 15 is 0 Å². The average molecular weight is 251 g/mol. The Morgan fingerprint density at radius 1 is 1.58 bits per heavy atom. The van der Waals surface area contributed by atoms with E-state index in [0.29, 0.717) is 5.02 Å².